The summed E-state index contributed by atoms with van der Waals surface area (Å²) in [5.41, 5.74) is 1.05. The summed E-state index contributed by atoms with van der Waals surface area (Å²) < 4.78 is 10.2. The van der Waals surface area contributed by atoms with Crippen LogP contribution >= 0.6 is 0 Å². The Morgan fingerprint density at radius 1 is 1.32 bits per heavy atom. The minimum atomic E-state index is -0.799. The van der Waals surface area contributed by atoms with Gasteiger partial charge in [0.25, 0.3) is 0 Å². The first kappa shape index (κ1) is 15.0. The van der Waals surface area contributed by atoms with E-state index in [1.165, 1.54) is 14.0 Å². The lowest BCUT2D eigenvalue weighted by molar-refractivity contribution is -0.145. The number of methoxy groups -OCH3 is 1. The molecule has 1 aromatic carbocycles. The van der Waals surface area contributed by atoms with Gasteiger partial charge in [-0.1, -0.05) is 25.1 Å². The molecule has 1 N–H and O–H groups in total. The summed E-state index contributed by atoms with van der Waals surface area (Å²) in [6.07, 6.45) is 0.833. The van der Waals surface area contributed by atoms with Crippen molar-refractivity contribution in [2.45, 2.75) is 26.3 Å². The Labute approximate surface area is 112 Å². The molecule has 1 rings (SSSR count). The zero-order valence-electron chi connectivity index (χ0n) is 11.4. The molecular formula is C14H19NO4. The van der Waals surface area contributed by atoms with Gasteiger partial charge in [-0.15, -0.1) is 0 Å². The maximum absolute atomic E-state index is 11.5. The van der Waals surface area contributed by atoms with E-state index in [1.54, 1.807) is 0 Å². The number of carbonyl (C=O) groups excluding carboxylic acids is 2. The van der Waals surface area contributed by atoms with E-state index in [2.05, 4.69) is 10.1 Å². The first-order valence-electron chi connectivity index (χ1n) is 6.14. The predicted molar refractivity (Wildman–Crippen MR) is 70.9 cm³/mol. The molecule has 0 radical (unpaired) electrons. The van der Waals surface area contributed by atoms with Gasteiger partial charge in [0.05, 0.1) is 7.11 Å². The highest BCUT2D eigenvalue weighted by molar-refractivity contribution is 5.83. The zero-order valence-corrected chi connectivity index (χ0v) is 11.4. The first-order valence-corrected chi connectivity index (χ1v) is 6.14. The van der Waals surface area contributed by atoms with Gasteiger partial charge in [-0.05, 0) is 18.1 Å². The van der Waals surface area contributed by atoms with Crippen LogP contribution in [-0.4, -0.2) is 31.6 Å². The third-order valence-electron chi connectivity index (χ3n) is 2.62. The molecule has 1 aromatic rings. The molecule has 0 saturated carbocycles. The maximum atomic E-state index is 11.5. The molecule has 5 heteroatoms. The van der Waals surface area contributed by atoms with Crippen LogP contribution in [0.4, 0.5) is 0 Å². The highest BCUT2D eigenvalue weighted by Gasteiger charge is 2.21. The van der Waals surface area contributed by atoms with Crippen LogP contribution in [0.25, 0.3) is 0 Å². The van der Waals surface area contributed by atoms with E-state index in [4.69, 9.17) is 4.74 Å². The number of hydrogen-bond acceptors (Lipinski definition) is 4. The van der Waals surface area contributed by atoms with Crippen LogP contribution in [0.1, 0.15) is 19.4 Å². The van der Waals surface area contributed by atoms with Gasteiger partial charge in [-0.25, -0.2) is 4.79 Å². The maximum Gasteiger partial charge on any atom is 0.331 e. The molecule has 5 nitrogen and oxygen atoms in total. The van der Waals surface area contributed by atoms with Crippen LogP contribution in [0.2, 0.25) is 0 Å². The summed E-state index contributed by atoms with van der Waals surface area (Å²) >= 11 is 0. The van der Waals surface area contributed by atoms with E-state index in [9.17, 15) is 9.59 Å². The lowest BCUT2D eigenvalue weighted by Crippen LogP contribution is -2.44. The number of rotatable bonds is 6. The van der Waals surface area contributed by atoms with Crippen molar-refractivity contribution >= 4 is 11.9 Å². The smallest absolute Gasteiger partial charge is 0.331 e. The van der Waals surface area contributed by atoms with Gasteiger partial charge < -0.3 is 14.8 Å². The second-order valence-electron chi connectivity index (χ2n) is 4.05. The Hall–Kier alpha value is -2.04. The third kappa shape index (κ3) is 4.62. The number of benzene rings is 1. The van der Waals surface area contributed by atoms with Gasteiger partial charge in [0, 0.05) is 6.92 Å². The van der Waals surface area contributed by atoms with E-state index >= 15 is 0 Å². The van der Waals surface area contributed by atoms with Gasteiger partial charge in [0.1, 0.15) is 12.4 Å². The molecule has 0 aliphatic carbocycles. The van der Waals surface area contributed by atoms with Crippen molar-refractivity contribution in [2.24, 2.45) is 0 Å². The van der Waals surface area contributed by atoms with Gasteiger partial charge in [0.15, 0.2) is 6.04 Å². The Balaban J connectivity index is 2.70. The SMILES string of the molecule is CCc1ccccc1OCC(NC(C)=O)C(=O)OC. The standard InChI is InChI=1S/C14H19NO4/c1-4-11-7-5-6-8-13(11)19-9-12(14(17)18-3)15-10(2)16/h5-8,12H,4,9H2,1-3H3,(H,15,16). The van der Waals surface area contributed by atoms with Crippen molar-refractivity contribution in [3.63, 3.8) is 0 Å². The number of aryl methyl sites for hydroxylation is 1. The van der Waals surface area contributed by atoms with Crippen molar-refractivity contribution in [3.05, 3.63) is 29.8 Å². The van der Waals surface area contributed by atoms with Crippen molar-refractivity contribution in [2.75, 3.05) is 13.7 Å². The summed E-state index contributed by atoms with van der Waals surface area (Å²) in [7, 11) is 1.27. The fourth-order valence-electron chi connectivity index (χ4n) is 1.67. The first-order chi connectivity index (χ1) is 9.08. The molecule has 0 aliphatic rings. The van der Waals surface area contributed by atoms with E-state index < -0.39 is 12.0 Å². The largest absolute Gasteiger partial charge is 0.491 e. The van der Waals surface area contributed by atoms with Crippen LogP contribution in [-0.2, 0) is 20.7 Å². The van der Waals surface area contributed by atoms with Gasteiger partial charge in [0.2, 0.25) is 5.91 Å². The lowest BCUT2D eigenvalue weighted by atomic mass is 10.1. The number of amides is 1. The van der Waals surface area contributed by atoms with Gasteiger partial charge in [-0.3, -0.25) is 4.79 Å². The van der Waals surface area contributed by atoms with Crippen molar-refractivity contribution in [1.82, 2.24) is 5.32 Å². The topological polar surface area (TPSA) is 64.6 Å². The van der Waals surface area contributed by atoms with Gasteiger partial charge >= 0.3 is 5.97 Å². The average Bonchev–Trinajstić information content (AvgIpc) is 2.42. The normalized spacial score (nSPS) is 11.5. The Kier molecular flexibility index (Phi) is 5.85. The number of para-hydroxylation sites is 1. The lowest BCUT2D eigenvalue weighted by Gasteiger charge is -2.17. The van der Waals surface area contributed by atoms with Crippen LogP contribution < -0.4 is 10.1 Å². The molecule has 0 aromatic heterocycles. The molecule has 0 spiro atoms. The molecule has 1 amide bonds. The van der Waals surface area contributed by atoms with Gasteiger partial charge in [-0.2, -0.15) is 0 Å². The molecule has 0 aliphatic heterocycles. The van der Waals surface area contributed by atoms with Crippen molar-refractivity contribution in [3.8, 4) is 5.75 Å². The molecular weight excluding hydrogens is 246 g/mol. The quantitative estimate of drug-likeness (QED) is 0.788. The number of ether oxygens (including phenoxy) is 2. The molecule has 1 unspecified atom stereocenters. The van der Waals surface area contributed by atoms with E-state index in [0.29, 0.717) is 5.75 Å². The fraction of sp³-hybridized carbons (Fsp3) is 0.429. The molecule has 0 saturated heterocycles. The Bertz CT molecular complexity index is 445. The summed E-state index contributed by atoms with van der Waals surface area (Å²) in [4.78, 5) is 22.5. The highest BCUT2D eigenvalue weighted by Crippen LogP contribution is 2.18. The number of carbonyl (C=O) groups is 2. The number of hydrogen-bond donors (Lipinski definition) is 1. The monoisotopic (exact) mass is 265 g/mol. The van der Waals surface area contributed by atoms with Crippen LogP contribution in [0.15, 0.2) is 24.3 Å². The molecule has 0 bridgehead atoms. The molecule has 1 atom stereocenters. The highest BCUT2D eigenvalue weighted by atomic mass is 16.5. The van der Waals surface area contributed by atoms with Crippen molar-refractivity contribution in [1.29, 1.82) is 0 Å². The molecule has 0 heterocycles. The second kappa shape index (κ2) is 7.41. The zero-order chi connectivity index (χ0) is 14.3. The van der Waals surface area contributed by atoms with E-state index in [0.717, 1.165) is 12.0 Å². The summed E-state index contributed by atoms with van der Waals surface area (Å²) in [5.74, 6) is -0.115. The predicted octanol–water partition coefficient (Wildman–Crippen LogP) is 1.31. The van der Waals surface area contributed by atoms with Crippen molar-refractivity contribution < 1.29 is 19.1 Å². The molecule has 19 heavy (non-hydrogen) atoms. The Morgan fingerprint density at radius 2 is 2.00 bits per heavy atom. The average molecular weight is 265 g/mol. The minimum Gasteiger partial charge on any atom is -0.491 e. The van der Waals surface area contributed by atoms with E-state index in [-0.39, 0.29) is 12.5 Å². The Morgan fingerprint density at radius 3 is 2.58 bits per heavy atom. The second-order valence-corrected chi connectivity index (χ2v) is 4.05. The number of nitrogens with one attached hydrogen (secondary N) is 1. The van der Waals surface area contributed by atoms with Crippen LogP contribution in [0, 0.1) is 0 Å². The molecule has 0 fully saturated rings. The third-order valence-corrected chi connectivity index (χ3v) is 2.62. The fourth-order valence-corrected chi connectivity index (χ4v) is 1.67. The van der Waals surface area contributed by atoms with Crippen LogP contribution in [0.3, 0.4) is 0 Å². The minimum absolute atomic E-state index is 0.0449. The summed E-state index contributed by atoms with van der Waals surface area (Å²) in [6, 6.07) is 6.78. The summed E-state index contributed by atoms with van der Waals surface area (Å²) in [6.45, 7) is 3.41. The number of esters is 1. The van der Waals surface area contributed by atoms with E-state index in [1.807, 2.05) is 31.2 Å². The summed E-state index contributed by atoms with van der Waals surface area (Å²) in [5, 5.41) is 2.50. The molecule has 104 valence electrons. The van der Waals surface area contributed by atoms with Crippen LogP contribution in [0.5, 0.6) is 5.75 Å².